The maximum atomic E-state index is 5.79. The number of rotatable bonds is 3. The molecule has 0 radical (unpaired) electrons. The molecule has 1 aliphatic heterocycles. The van der Waals surface area contributed by atoms with Crippen molar-refractivity contribution in [2.45, 2.75) is 12.1 Å². The van der Waals surface area contributed by atoms with Gasteiger partial charge in [0, 0.05) is 24.8 Å². The standard InChI is InChI=1S/C10H17N3OS/c1-11-10(8-3-4-12-13(8)2)9-7-15-6-5-14-9/h3-4,9-11H,5-7H2,1-2H3. The first kappa shape index (κ1) is 11.0. The summed E-state index contributed by atoms with van der Waals surface area (Å²) in [7, 11) is 3.94. The molecular formula is C10H17N3OS. The fourth-order valence-electron chi connectivity index (χ4n) is 1.91. The summed E-state index contributed by atoms with van der Waals surface area (Å²) >= 11 is 1.96. The highest BCUT2D eigenvalue weighted by atomic mass is 32.2. The minimum absolute atomic E-state index is 0.241. The van der Waals surface area contributed by atoms with E-state index >= 15 is 0 Å². The maximum Gasteiger partial charge on any atom is 0.0875 e. The smallest absolute Gasteiger partial charge is 0.0875 e. The van der Waals surface area contributed by atoms with Crippen molar-refractivity contribution in [2.24, 2.45) is 7.05 Å². The highest BCUT2D eigenvalue weighted by Crippen LogP contribution is 2.24. The van der Waals surface area contributed by atoms with Gasteiger partial charge in [0.1, 0.15) is 0 Å². The average molecular weight is 227 g/mol. The van der Waals surface area contributed by atoms with Gasteiger partial charge in [0.25, 0.3) is 0 Å². The molecule has 0 amide bonds. The molecule has 0 bridgehead atoms. The van der Waals surface area contributed by atoms with Crippen LogP contribution in [0.2, 0.25) is 0 Å². The van der Waals surface area contributed by atoms with Gasteiger partial charge in [-0.05, 0) is 13.1 Å². The molecule has 4 nitrogen and oxygen atoms in total. The molecule has 2 rings (SSSR count). The Kier molecular flexibility index (Phi) is 3.66. The van der Waals surface area contributed by atoms with Crippen LogP contribution in [0.3, 0.4) is 0 Å². The minimum Gasteiger partial charge on any atom is -0.374 e. The fraction of sp³-hybridized carbons (Fsp3) is 0.700. The summed E-state index contributed by atoms with van der Waals surface area (Å²) in [6.45, 7) is 0.853. The number of aromatic nitrogens is 2. The van der Waals surface area contributed by atoms with E-state index in [1.54, 1.807) is 0 Å². The molecule has 2 heterocycles. The summed E-state index contributed by atoms with van der Waals surface area (Å²) in [6, 6.07) is 2.29. The number of aryl methyl sites for hydroxylation is 1. The molecule has 1 fully saturated rings. The van der Waals surface area contributed by atoms with Crippen LogP contribution >= 0.6 is 11.8 Å². The van der Waals surface area contributed by atoms with E-state index in [1.165, 1.54) is 5.69 Å². The van der Waals surface area contributed by atoms with Gasteiger partial charge >= 0.3 is 0 Å². The third-order valence-corrected chi connectivity index (χ3v) is 3.72. The van der Waals surface area contributed by atoms with E-state index in [9.17, 15) is 0 Å². The molecule has 84 valence electrons. The summed E-state index contributed by atoms with van der Waals surface area (Å²) in [5.41, 5.74) is 1.19. The van der Waals surface area contributed by atoms with Crippen LogP contribution in [-0.2, 0) is 11.8 Å². The van der Waals surface area contributed by atoms with E-state index in [2.05, 4.69) is 10.4 Å². The first-order chi connectivity index (χ1) is 7.33. The maximum absolute atomic E-state index is 5.79. The molecule has 15 heavy (non-hydrogen) atoms. The Balaban J connectivity index is 2.12. The van der Waals surface area contributed by atoms with Crippen LogP contribution in [-0.4, -0.2) is 41.0 Å². The molecule has 1 aromatic heterocycles. The molecule has 0 saturated carbocycles. The summed E-state index contributed by atoms with van der Waals surface area (Å²) < 4.78 is 7.69. The molecule has 1 aromatic rings. The Morgan fingerprint density at radius 1 is 1.73 bits per heavy atom. The van der Waals surface area contributed by atoms with E-state index in [1.807, 2.05) is 42.8 Å². The van der Waals surface area contributed by atoms with Crippen LogP contribution < -0.4 is 5.32 Å². The second kappa shape index (κ2) is 5.01. The fourth-order valence-corrected chi connectivity index (χ4v) is 2.81. The zero-order valence-corrected chi connectivity index (χ0v) is 9.96. The zero-order valence-electron chi connectivity index (χ0n) is 9.14. The molecule has 2 unspecified atom stereocenters. The van der Waals surface area contributed by atoms with Gasteiger partial charge in [0.15, 0.2) is 0 Å². The Hall–Kier alpha value is -0.520. The van der Waals surface area contributed by atoms with Gasteiger partial charge in [0.2, 0.25) is 0 Å². The number of nitrogens with zero attached hydrogens (tertiary/aromatic N) is 2. The Morgan fingerprint density at radius 3 is 3.13 bits per heavy atom. The Morgan fingerprint density at radius 2 is 2.60 bits per heavy atom. The largest absolute Gasteiger partial charge is 0.374 e. The van der Waals surface area contributed by atoms with Gasteiger partial charge in [-0.1, -0.05) is 0 Å². The number of nitrogens with one attached hydrogen (secondary N) is 1. The topological polar surface area (TPSA) is 39.1 Å². The third kappa shape index (κ3) is 2.35. The summed E-state index contributed by atoms with van der Waals surface area (Å²) in [6.07, 6.45) is 2.08. The quantitative estimate of drug-likeness (QED) is 0.829. The molecule has 0 aromatic carbocycles. The number of ether oxygens (including phenoxy) is 1. The van der Waals surface area contributed by atoms with Gasteiger partial charge < -0.3 is 10.1 Å². The highest BCUT2D eigenvalue weighted by molar-refractivity contribution is 7.99. The van der Waals surface area contributed by atoms with E-state index in [0.29, 0.717) is 0 Å². The van der Waals surface area contributed by atoms with Crippen molar-refractivity contribution < 1.29 is 4.74 Å². The molecular weight excluding hydrogens is 210 g/mol. The molecule has 1 N–H and O–H groups in total. The number of hydrogen-bond acceptors (Lipinski definition) is 4. The van der Waals surface area contributed by atoms with Crippen molar-refractivity contribution in [3.05, 3.63) is 18.0 Å². The minimum atomic E-state index is 0.241. The highest BCUT2D eigenvalue weighted by Gasteiger charge is 2.26. The Labute approximate surface area is 94.4 Å². The van der Waals surface area contributed by atoms with Gasteiger partial charge in [-0.15, -0.1) is 0 Å². The molecule has 5 heteroatoms. The third-order valence-electron chi connectivity index (χ3n) is 2.70. The lowest BCUT2D eigenvalue weighted by molar-refractivity contribution is 0.0468. The van der Waals surface area contributed by atoms with Crippen LogP contribution in [0.15, 0.2) is 12.3 Å². The molecule has 0 aliphatic carbocycles. The van der Waals surface area contributed by atoms with E-state index in [-0.39, 0.29) is 12.1 Å². The lowest BCUT2D eigenvalue weighted by atomic mass is 10.1. The lowest BCUT2D eigenvalue weighted by Gasteiger charge is -2.29. The SMILES string of the molecule is CNC(c1ccnn1C)C1CSCCO1. The molecule has 1 aliphatic rings. The van der Waals surface area contributed by atoms with Crippen molar-refractivity contribution in [3.63, 3.8) is 0 Å². The number of likely N-dealkylation sites (N-methyl/N-ethyl adjacent to an activating group) is 1. The van der Waals surface area contributed by atoms with Crippen LogP contribution in [0.5, 0.6) is 0 Å². The van der Waals surface area contributed by atoms with Crippen molar-refractivity contribution >= 4 is 11.8 Å². The number of hydrogen-bond donors (Lipinski definition) is 1. The van der Waals surface area contributed by atoms with Crippen LogP contribution in [0.4, 0.5) is 0 Å². The molecule has 1 saturated heterocycles. The van der Waals surface area contributed by atoms with Crippen LogP contribution in [0, 0.1) is 0 Å². The summed E-state index contributed by atoms with van der Waals surface area (Å²) in [5.74, 6) is 2.16. The van der Waals surface area contributed by atoms with Gasteiger partial charge in [-0.3, -0.25) is 4.68 Å². The van der Waals surface area contributed by atoms with Crippen molar-refractivity contribution in [1.82, 2.24) is 15.1 Å². The predicted molar refractivity (Wildman–Crippen MR) is 62.1 cm³/mol. The lowest BCUT2D eigenvalue weighted by Crippen LogP contribution is -2.37. The predicted octanol–water partition coefficient (Wildman–Crippen LogP) is 0.813. The van der Waals surface area contributed by atoms with Gasteiger partial charge in [-0.2, -0.15) is 16.9 Å². The monoisotopic (exact) mass is 227 g/mol. The van der Waals surface area contributed by atoms with Gasteiger partial charge in [0.05, 0.1) is 24.4 Å². The first-order valence-corrected chi connectivity index (χ1v) is 6.33. The first-order valence-electron chi connectivity index (χ1n) is 5.17. The molecule has 2 atom stereocenters. The summed E-state index contributed by atoms with van der Waals surface area (Å²) in [5, 5.41) is 7.51. The van der Waals surface area contributed by atoms with Crippen LogP contribution in [0.1, 0.15) is 11.7 Å². The van der Waals surface area contributed by atoms with E-state index in [4.69, 9.17) is 4.74 Å². The Bertz CT molecular complexity index is 309. The van der Waals surface area contributed by atoms with Crippen molar-refractivity contribution in [2.75, 3.05) is 25.2 Å². The summed E-state index contributed by atoms with van der Waals surface area (Å²) in [4.78, 5) is 0. The van der Waals surface area contributed by atoms with Crippen LogP contribution in [0.25, 0.3) is 0 Å². The molecule has 0 spiro atoms. The van der Waals surface area contributed by atoms with Crippen molar-refractivity contribution in [3.8, 4) is 0 Å². The second-order valence-electron chi connectivity index (χ2n) is 3.63. The average Bonchev–Trinajstić information content (AvgIpc) is 2.68. The van der Waals surface area contributed by atoms with Crippen molar-refractivity contribution in [1.29, 1.82) is 0 Å². The van der Waals surface area contributed by atoms with E-state index in [0.717, 1.165) is 18.1 Å². The van der Waals surface area contributed by atoms with E-state index < -0.39 is 0 Å². The number of thioether (sulfide) groups is 1. The van der Waals surface area contributed by atoms with Gasteiger partial charge in [-0.25, -0.2) is 0 Å². The second-order valence-corrected chi connectivity index (χ2v) is 4.78. The zero-order chi connectivity index (χ0) is 10.7. The normalized spacial score (nSPS) is 24.0.